The standard InChI is InChI=1S/C16H32N4O/c1-2-16(6-3-4-7-16)14-19-15(17)18-8-5-9-20-10-12-21-13-11-20/h2-14H2,1H3,(H3,17,18,19). The Bertz CT molecular complexity index is 320. The minimum Gasteiger partial charge on any atom is -0.379 e. The highest BCUT2D eigenvalue weighted by molar-refractivity contribution is 5.77. The van der Waals surface area contributed by atoms with Crippen LogP contribution in [0.2, 0.25) is 0 Å². The van der Waals surface area contributed by atoms with Crippen LogP contribution in [0.1, 0.15) is 45.4 Å². The molecule has 122 valence electrons. The molecule has 1 aliphatic heterocycles. The molecule has 2 aliphatic rings. The van der Waals surface area contributed by atoms with Crippen LogP contribution in [-0.2, 0) is 4.74 Å². The Labute approximate surface area is 129 Å². The molecule has 21 heavy (non-hydrogen) atoms. The van der Waals surface area contributed by atoms with Gasteiger partial charge in [-0.25, -0.2) is 0 Å². The van der Waals surface area contributed by atoms with E-state index < -0.39 is 0 Å². The predicted octanol–water partition coefficient (Wildman–Crippen LogP) is 1.58. The number of nitrogens with two attached hydrogens (primary N) is 1. The van der Waals surface area contributed by atoms with Gasteiger partial charge in [0.2, 0.25) is 0 Å². The Morgan fingerprint density at radius 2 is 2.00 bits per heavy atom. The summed E-state index contributed by atoms with van der Waals surface area (Å²) in [4.78, 5) is 7.03. The second kappa shape index (κ2) is 8.59. The molecule has 1 aliphatic carbocycles. The van der Waals surface area contributed by atoms with E-state index in [-0.39, 0.29) is 0 Å². The van der Waals surface area contributed by atoms with Gasteiger partial charge in [0.1, 0.15) is 0 Å². The maximum absolute atomic E-state index is 5.99. The summed E-state index contributed by atoms with van der Waals surface area (Å²) in [7, 11) is 0. The van der Waals surface area contributed by atoms with Gasteiger partial charge in [-0.3, -0.25) is 9.89 Å². The van der Waals surface area contributed by atoms with Gasteiger partial charge in [-0.05, 0) is 37.6 Å². The van der Waals surface area contributed by atoms with Gasteiger partial charge < -0.3 is 15.8 Å². The van der Waals surface area contributed by atoms with E-state index in [0.29, 0.717) is 11.4 Å². The number of aliphatic imine (C=N–C) groups is 1. The average Bonchev–Trinajstić information content (AvgIpc) is 3.00. The van der Waals surface area contributed by atoms with Gasteiger partial charge in [0.05, 0.1) is 13.2 Å². The van der Waals surface area contributed by atoms with Crippen LogP contribution in [0.15, 0.2) is 4.99 Å². The number of nitrogens with one attached hydrogen (secondary N) is 1. The molecule has 0 unspecified atom stereocenters. The van der Waals surface area contributed by atoms with E-state index in [1.807, 2.05) is 0 Å². The predicted molar refractivity (Wildman–Crippen MR) is 87.6 cm³/mol. The summed E-state index contributed by atoms with van der Waals surface area (Å²) >= 11 is 0. The molecule has 0 atom stereocenters. The Kier molecular flexibility index (Phi) is 6.77. The quantitative estimate of drug-likeness (QED) is 0.425. The summed E-state index contributed by atoms with van der Waals surface area (Å²) in [5.74, 6) is 0.622. The zero-order chi connectivity index (χ0) is 15.0. The number of hydrogen-bond donors (Lipinski definition) is 2. The molecule has 2 rings (SSSR count). The summed E-state index contributed by atoms with van der Waals surface area (Å²) in [5.41, 5.74) is 6.42. The maximum atomic E-state index is 5.99. The highest BCUT2D eigenvalue weighted by atomic mass is 16.5. The van der Waals surface area contributed by atoms with Crippen molar-refractivity contribution in [1.82, 2.24) is 10.2 Å². The van der Waals surface area contributed by atoms with Crippen LogP contribution >= 0.6 is 0 Å². The first-order chi connectivity index (χ1) is 10.2. The third kappa shape index (κ3) is 5.47. The van der Waals surface area contributed by atoms with E-state index in [1.54, 1.807) is 0 Å². The van der Waals surface area contributed by atoms with Crippen LogP contribution in [0.3, 0.4) is 0 Å². The highest BCUT2D eigenvalue weighted by Gasteiger charge is 2.31. The maximum Gasteiger partial charge on any atom is 0.188 e. The van der Waals surface area contributed by atoms with Crippen LogP contribution in [0.5, 0.6) is 0 Å². The monoisotopic (exact) mass is 296 g/mol. The van der Waals surface area contributed by atoms with Gasteiger partial charge in [-0.1, -0.05) is 19.8 Å². The summed E-state index contributed by atoms with van der Waals surface area (Å²) < 4.78 is 5.35. The van der Waals surface area contributed by atoms with Crippen LogP contribution in [0, 0.1) is 5.41 Å². The van der Waals surface area contributed by atoms with Crippen LogP contribution in [-0.4, -0.2) is 56.8 Å². The third-order valence-electron chi connectivity index (χ3n) is 5.06. The summed E-state index contributed by atoms with van der Waals surface area (Å²) in [6.45, 7) is 9.06. The lowest BCUT2D eigenvalue weighted by Crippen LogP contribution is -2.39. The second-order valence-corrected chi connectivity index (χ2v) is 6.50. The molecule has 1 heterocycles. The highest BCUT2D eigenvalue weighted by Crippen LogP contribution is 2.40. The second-order valence-electron chi connectivity index (χ2n) is 6.50. The minimum atomic E-state index is 0.431. The van der Waals surface area contributed by atoms with Crippen LogP contribution in [0.25, 0.3) is 0 Å². The molecule has 0 bridgehead atoms. The number of nitrogens with zero attached hydrogens (tertiary/aromatic N) is 2. The van der Waals surface area contributed by atoms with E-state index in [4.69, 9.17) is 10.5 Å². The third-order valence-corrected chi connectivity index (χ3v) is 5.06. The van der Waals surface area contributed by atoms with Gasteiger partial charge in [0.15, 0.2) is 5.96 Å². The summed E-state index contributed by atoms with van der Waals surface area (Å²) in [6.07, 6.45) is 7.68. The topological polar surface area (TPSA) is 62.9 Å². The first-order valence-corrected chi connectivity index (χ1v) is 8.58. The zero-order valence-electron chi connectivity index (χ0n) is 13.6. The van der Waals surface area contributed by atoms with Crippen molar-refractivity contribution in [1.29, 1.82) is 0 Å². The molecule has 1 saturated carbocycles. The van der Waals surface area contributed by atoms with Crippen LogP contribution < -0.4 is 11.1 Å². The van der Waals surface area contributed by atoms with Crippen molar-refractivity contribution in [3.05, 3.63) is 0 Å². The molecule has 0 aromatic heterocycles. The van der Waals surface area contributed by atoms with Crippen molar-refractivity contribution in [3.8, 4) is 0 Å². The molecule has 5 heteroatoms. The largest absolute Gasteiger partial charge is 0.379 e. The Balaban J connectivity index is 1.59. The van der Waals surface area contributed by atoms with E-state index in [1.165, 1.54) is 32.1 Å². The molecular weight excluding hydrogens is 264 g/mol. The fourth-order valence-electron chi connectivity index (χ4n) is 3.40. The minimum absolute atomic E-state index is 0.431. The smallest absolute Gasteiger partial charge is 0.188 e. The van der Waals surface area contributed by atoms with E-state index in [2.05, 4.69) is 22.1 Å². The first kappa shape index (κ1) is 16.6. The molecule has 0 aromatic carbocycles. The zero-order valence-corrected chi connectivity index (χ0v) is 13.6. The van der Waals surface area contributed by atoms with Gasteiger partial charge in [-0.2, -0.15) is 0 Å². The lowest BCUT2D eigenvalue weighted by atomic mass is 9.84. The Morgan fingerprint density at radius 3 is 2.67 bits per heavy atom. The first-order valence-electron chi connectivity index (χ1n) is 8.58. The Hall–Kier alpha value is -0.810. The summed E-state index contributed by atoms with van der Waals surface area (Å²) in [5, 5.41) is 3.26. The fraction of sp³-hybridized carbons (Fsp3) is 0.938. The van der Waals surface area contributed by atoms with E-state index in [9.17, 15) is 0 Å². The molecule has 0 aromatic rings. The number of ether oxygens (including phenoxy) is 1. The van der Waals surface area contributed by atoms with Crippen molar-refractivity contribution >= 4 is 5.96 Å². The SMILES string of the molecule is CCC1(CN=C(N)NCCCN2CCOCC2)CCCC1. The molecule has 5 nitrogen and oxygen atoms in total. The van der Waals surface area contributed by atoms with Crippen LogP contribution in [0.4, 0.5) is 0 Å². The van der Waals surface area contributed by atoms with E-state index >= 15 is 0 Å². The molecular formula is C16H32N4O. The summed E-state index contributed by atoms with van der Waals surface area (Å²) in [6, 6.07) is 0. The Morgan fingerprint density at radius 1 is 1.29 bits per heavy atom. The molecule has 2 fully saturated rings. The lowest BCUT2D eigenvalue weighted by Gasteiger charge is -2.26. The normalized spacial score (nSPS) is 23.4. The van der Waals surface area contributed by atoms with Crippen molar-refractivity contribution in [2.45, 2.75) is 45.4 Å². The lowest BCUT2D eigenvalue weighted by molar-refractivity contribution is 0.0376. The van der Waals surface area contributed by atoms with Gasteiger partial charge >= 0.3 is 0 Å². The van der Waals surface area contributed by atoms with Crippen molar-refractivity contribution in [3.63, 3.8) is 0 Å². The molecule has 1 saturated heterocycles. The number of hydrogen-bond acceptors (Lipinski definition) is 3. The van der Waals surface area contributed by atoms with E-state index in [0.717, 1.165) is 52.4 Å². The molecule has 0 amide bonds. The van der Waals surface area contributed by atoms with Crippen molar-refractivity contribution < 1.29 is 4.74 Å². The van der Waals surface area contributed by atoms with Gasteiger partial charge in [0, 0.05) is 26.2 Å². The molecule has 0 radical (unpaired) electrons. The van der Waals surface area contributed by atoms with Gasteiger partial charge in [-0.15, -0.1) is 0 Å². The molecule has 0 spiro atoms. The average molecular weight is 296 g/mol. The fourth-order valence-corrected chi connectivity index (χ4v) is 3.40. The number of morpholine rings is 1. The van der Waals surface area contributed by atoms with Gasteiger partial charge in [0.25, 0.3) is 0 Å². The van der Waals surface area contributed by atoms with Crippen molar-refractivity contribution in [2.24, 2.45) is 16.1 Å². The number of rotatable bonds is 7. The number of guanidine groups is 1. The van der Waals surface area contributed by atoms with Crippen molar-refractivity contribution in [2.75, 3.05) is 45.9 Å². The molecule has 3 N–H and O–H groups in total.